The lowest BCUT2D eigenvalue weighted by Crippen LogP contribution is -2.52. The monoisotopic (exact) mass is 911 g/mol. The van der Waals surface area contributed by atoms with Gasteiger partial charge in [-0.1, -0.05) is 19.8 Å². The fourth-order valence-corrected chi connectivity index (χ4v) is 7.72. The molecule has 20 nitrogen and oxygen atoms in total. The summed E-state index contributed by atoms with van der Waals surface area (Å²) in [6.45, 7) is 20.1. The van der Waals surface area contributed by atoms with Crippen LogP contribution in [0.4, 0.5) is 0 Å². The van der Waals surface area contributed by atoms with Crippen molar-refractivity contribution in [3.8, 4) is 0 Å². The van der Waals surface area contributed by atoms with E-state index in [0.717, 1.165) is 19.4 Å². The van der Waals surface area contributed by atoms with Crippen molar-refractivity contribution in [1.82, 2.24) is 35.9 Å². The van der Waals surface area contributed by atoms with E-state index in [0.29, 0.717) is 47.4 Å². The lowest BCUT2D eigenvalue weighted by atomic mass is 9.88. The molecule has 0 aliphatic carbocycles. The van der Waals surface area contributed by atoms with Gasteiger partial charge in [0.1, 0.15) is 0 Å². The molecule has 0 spiro atoms. The molecule has 0 bridgehead atoms. The molecule has 0 saturated carbocycles. The van der Waals surface area contributed by atoms with E-state index in [2.05, 4.69) is 58.3 Å². The molecule has 4 rings (SSSR count). The average molecular weight is 911 g/mol. The van der Waals surface area contributed by atoms with E-state index < -0.39 is 46.4 Å². The topological polar surface area (TPSA) is 264 Å². The predicted molar refractivity (Wildman–Crippen MR) is 233 cm³/mol. The minimum atomic E-state index is -0.773. The molecule has 20 heteroatoms. The van der Waals surface area contributed by atoms with Crippen LogP contribution in [0.5, 0.6) is 0 Å². The minimum Gasteiger partial charge on any atom is -0.370 e. The molecule has 0 aromatic heterocycles. The van der Waals surface area contributed by atoms with Crippen LogP contribution < -0.4 is 21.7 Å². The Morgan fingerprint density at radius 1 is 0.562 bits per heavy atom. The van der Waals surface area contributed by atoms with E-state index in [1.54, 1.807) is 6.92 Å². The van der Waals surface area contributed by atoms with Crippen molar-refractivity contribution in [1.29, 1.82) is 0 Å². The molecule has 4 aliphatic rings. The summed E-state index contributed by atoms with van der Waals surface area (Å²) in [6, 6.07) is 1.95. The van der Waals surface area contributed by atoms with Gasteiger partial charge in [-0.15, -0.1) is 10.1 Å². The largest absolute Gasteiger partial charge is 0.370 e. The van der Waals surface area contributed by atoms with Gasteiger partial charge in [0, 0.05) is 102 Å². The molecular weight excluding hydrogens is 836 g/mol. The van der Waals surface area contributed by atoms with Gasteiger partial charge in [0.25, 0.3) is 23.6 Å². The fraction of sp³-hybridized carbons (Fsp3) is 0.773. The van der Waals surface area contributed by atoms with Crippen LogP contribution >= 0.6 is 0 Å². The molecular formula is C44H74N8O12. The Morgan fingerprint density at radius 2 is 0.906 bits per heavy atom. The SMILES string of the molecule is CC1CCCC(C)N1CC(C)(C)C(=O)[15NH]CCC(=O)[15NH]CCC(=O)ON1C(=O)CCC1=O.CC1CCCC(C)N1[13CH2]C(C)(C)C(=O)NCCC(N)=O.[13CH3]CC(=O)ON1C(=O)CCC1=O. The number of nitrogens with one attached hydrogen (secondary N) is 3. The number of imide groups is 2. The maximum atomic E-state index is 12.7. The Kier molecular flexibility index (Phi) is 22.5. The summed E-state index contributed by atoms with van der Waals surface area (Å²) in [5.74, 6) is -4.13. The summed E-state index contributed by atoms with van der Waals surface area (Å²) in [4.78, 5) is 129. The Hall–Kier alpha value is -4.98. The number of piperidine rings is 2. The second kappa shape index (κ2) is 26.1. The van der Waals surface area contributed by atoms with Crippen molar-refractivity contribution in [2.45, 2.75) is 176 Å². The molecule has 4 atom stereocenters. The summed E-state index contributed by atoms with van der Waals surface area (Å²) < 4.78 is 0. The smallest absolute Gasteiger partial charge is 0.334 e. The lowest BCUT2D eigenvalue weighted by Gasteiger charge is -2.42. The van der Waals surface area contributed by atoms with Crippen molar-refractivity contribution in [2.75, 3.05) is 32.7 Å². The molecule has 0 aromatic rings. The minimum absolute atomic E-state index is 0.0104. The zero-order valence-corrected chi connectivity index (χ0v) is 39.5. The second-order valence-corrected chi connectivity index (χ2v) is 18.4. The Morgan fingerprint density at radius 3 is 1.27 bits per heavy atom. The number of carbonyl (C=O) groups is 10. The molecule has 362 valence electrons. The highest BCUT2D eigenvalue weighted by Crippen LogP contribution is 2.29. The number of nitrogens with two attached hydrogens (primary N) is 1. The number of hydrogen-bond acceptors (Lipinski definition) is 14. The number of likely N-dealkylation sites (tertiary alicyclic amines) is 2. The molecule has 64 heavy (non-hydrogen) atoms. The number of nitrogens with zero attached hydrogens (tertiary/aromatic N) is 4. The third-order valence-corrected chi connectivity index (χ3v) is 11.8. The highest BCUT2D eigenvalue weighted by atomic mass is 16.7. The molecule has 5 N–H and O–H groups in total. The molecule has 4 aliphatic heterocycles. The average Bonchev–Trinajstić information content (AvgIpc) is 3.71. The molecule has 4 fully saturated rings. The van der Waals surface area contributed by atoms with E-state index in [9.17, 15) is 47.9 Å². The van der Waals surface area contributed by atoms with Gasteiger partial charge in [0.05, 0.1) is 17.3 Å². The van der Waals surface area contributed by atoms with Crippen molar-refractivity contribution in [3.63, 3.8) is 0 Å². The van der Waals surface area contributed by atoms with Crippen molar-refractivity contribution in [3.05, 3.63) is 0 Å². The van der Waals surface area contributed by atoms with E-state index >= 15 is 0 Å². The Bertz CT molecular complexity index is 1630. The number of hydrogen-bond donors (Lipinski definition) is 4. The van der Waals surface area contributed by atoms with Gasteiger partial charge in [0.2, 0.25) is 23.6 Å². The van der Waals surface area contributed by atoms with Gasteiger partial charge in [-0.05, 0) is 81.1 Å². The van der Waals surface area contributed by atoms with Crippen LogP contribution in [0.1, 0.15) is 152 Å². The maximum Gasteiger partial charge on any atom is 0.334 e. The standard InChI is InChI=1S/C22H36N4O6.C15H29N3O2.C7H9NO4/c1-15-6-5-7-16(2)25(15)14-22(3,4)21(31)24-12-10-17(27)23-13-11-20(30)32-26-18(28)8-9-19(26)29;1-11-6-5-7-12(2)18(11)10-15(3,4)14(20)17-9-8-13(16)19;1-2-7(11)12-8-5(9)3-4-6(8)10/h15-16H,5-14H2,1-4H3,(H,23,27)(H,24,31);11-12H,5-10H2,1-4H3,(H2,16,19)(H,17,20);2-4H2,1H3/i23+1,24+1;10+1;1+1. The lowest BCUT2D eigenvalue weighted by molar-refractivity contribution is -0.197. The Labute approximate surface area is 377 Å². The number of primary amides is 1. The van der Waals surface area contributed by atoms with Gasteiger partial charge in [-0.25, -0.2) is 9.59 Å². The van der Waals surface area contributed by atoms with Crippen LogP contribution in [-0.2, 0) is 57.6 Å². The Balaban J connectivity index is 0.000000372. The van der Waals surface area contributed by atoms with Crippen LogP contribution in [0.2, 0.25) is 0 Å². The van der Waals surface area contributed by atoms with Crippen molar-refractivity contribution < 1.29 is 57.6 Å². The van der Waals surface area contributed by atoms with E-state index in [1.807, 2.05) is 27.7 Å². The number of hydroxylamine groups is 4. The maximum absolute atomic E-state index is 12.7. The van der Waals surface area contributed by atoms with Crippen LogP contribution in [0.25, 0.3) is 0 Å². The van der Waals surface area contributed by atoms with Gasteiger partial charge >= 0.3 is 11.9 Å². The summed E-state index contributed by atoms with van der Waals surface area (Å²) in [7, 11) is 0. The van der Waals surface area contributed by atoms with Crippen LogP contribution in [0.3, 0.4) is 0 Å². The van der Waals surface area contributed by atoms with Gasteiger partial charge < -0.3 is 31.4 Å². The molecule has 4 saturated heterocycles. The zero-order valence-electron chi connectivity index (χ0n) is 39.5. The summed E-state index contributed by atoms with van der Waals surface area (Å²) >= 11 is 0. The first-order chi connectivity index (χ1) is 29.9. The molecule has 8 amide bonds. The number of carbonyl (C=O) groups excluding carboxylic acids is 10. The van der Waals surface area contributed by atoms with E-state index in [4.69, 9.17) is 10.6 Å². The highest BCUT2D eigenvalue weighted by Gasteiger charge is 2.37. The third kappa shape index (κ3) is 18.3. The number of rotatable bonds is 18. The van der Waals surface area contributed by atoms with Gasteiger partial charge in [-0.2, -0.15) is 0 Å². The molecule has 0 radical (unpaired) electrons. The summed E-state index contributed by atoms with van der Waals surface area (Å²) in [5.41, 5.74) is 4.04. The van der Waals surface area contributed by atoms with Crippen LogP contribution in [0, 0.1) is 10.8 Å². The van der Waals surface area contributed by atoms with Gasteiger partial charge in [-0.3, -0.25) is 48.2 Å². The quantitative estimate of drug-likeness (QED) is 0.0873. The second-order valence-electron chi connectivity index (χ2n) is 18.4. The summed E-state index contributed by atoms with van der Waals surface area (Å²) in [6.07, 6.45) is 7.74. The van der Waals surface area contributed by atoms with Crippen LogP contribution in [-0.4, -0.2) is 136 Å². The fourth-order valence-electron chi connectivity index (χ4n) is 7.72. The van der Waals surface area contributed by atoms with Crippen molar-refractivity contribution in [2.24, 2.45) is 16.6 Å². The predicted octanol–water partition coefficient (Wildman–Crippen LogP) is 2.17. The molecule has 4 heterocycles. The van der Waals surface area contributed by atoms with Crippen LogP contribution in [0.15, 0.2) is 0 Å². The molecule has 0 aromatic carbocycles. The van der Waals surface area contributed by atoms with E-state index in [-0.39, 0.29) is 88.1 Å². The zero-order chi connectivity index (χ0) is 48.4. The molecule has 4 unspecified atom stereocenters. The van der Waals surface area contributed by atoms with Gasteiger partial charge in [0.15, 0.2) is 0 Å². The van der Waals surface area contributed by atoms with Crippen molar-refractivity contribution >= 4 is 59.2 Å². The third-order valence-electron chi connectivity index (χ3n) is 11.8. The number of amides is 8. The first kappa shape index (κ1) is 55.2. The normalized spacial score (nSPS) is 21.8. The highest BCUT2D eigenvalue weighted by molar-refractivity contribution is 6.02. The first-order valence-corrected chi connectivity index (χ1v) is 22.7. The first-order valence-electron chi connectivity index (χ1n) is 22.7. The van der Waals surface area contributed by atoms with E-state index in [1.165, 1.54) is 25.7 Å². The summed E-state index contributed by atoms with van der Waals surface area (Å²) in [5, 5.41) is 9.23.